The van der Waals surface area contributed by atoms with Crippen molar-refractivity contribution in [2.24, 2.45) is 5.41 Å². The Labute approximate surface area is 67.8 Å². The van der Waals surface area contributed by atoms with E-state index < -0.39 is 0 Å². The predicted molar refractivity (Wildman–Crippen MR) is 46.3 cm³/mol. The monoisotopic (exact) mass is 150 g/mol. The van der Waals surface area contributed by atoms with Crippen molar-refractivity contribution >= 4 is 5.78 Å². The fourth-order valence-corrected chi connectivity index (χ4v) is 1.21. The predicted octanol–water partition coefficient (Wildman–Crippen LogP) is 2.49. The minimum Gasteiger partial charge on any atom is -0.294 e. The van der Waals surface area contributed by atoms with Gasteiger partial charge in [-0.3, -0.25) is 4.79 Å². The Hall–Kier alpha value is -0.850. The lowest BCUT2D eigenvalue weighted by Crippen LogP contribution is -2.26. The highest BCUT2D eigenvalue weighted by molar-refractivity contribution is 5.98. The van der Waals surface area contributed by atoms with Gasteiger partial charge in [0.25, 0.3) is 0 Å². The van der Waals surface area contributed by atoms with Gasteiger partial charge in [0.05, 0.1) is 0 Å². The smallest absolute Gasteiger partial charge is 0.165 e. The molecule has 0 saturated heterocycles. The molecule has 60 valence electrons. The Morgan fingerprint density at radius 2 is 1.73 bits per heavy atom. The number of carbonyl (C=O) groups excluding carboxylic acids is 1. The van der Waals surface area contributed by atoms with Crippen LogP contribution in [0.3, 0.4) is 0 Å². The van der Waals surface area contributed by atoms with Crippen LogP contribution < -0.4 is 0 Å². The number of hydrogen-bond donors (Lipinski definition) is 0. The number of ketones is 1. The highest BCUT2D eigenvalue weighted by atomic mass is 16.1. The van der Waals surface area contributed by atoms with Crippen molar-refractivity contribution in [1.29, 1.82) is 0 Å². The second kappa shape index (κ2) is 2.33. The summed E-state index contributed by atoms with van der Waals surface area (Å²) >= 11 is 0. The van der Waals surface area contributed by atoms with Gasteiger partial charge in [-0.15, -0.1) is 0 Å². The van der Waals surface area contributed by atoms with Gasteiger partial charge in [-0.1, -0.05) is 17.2 Å². The Bertz CT molecular complexity index is 254. The third kappa shape index (κ3) is 1.15. The van der Waals surface area contributed by atoms with Crippen LogP contribution in [-0.4, -0.2) is 5.78 Å². The molecule has 0 atom stereocenters. The van der Waals surface area contributed by atoms with Crippen molar-refractivity contribution in [1.82, 2.24) is 0 Å². The van der Waals surface area contributed by atoms with Crippen LogP contribution in [0.4, 0.5) is 0 Å². The van der Waals surface area contributed by atoms with E-state index in [1.807, 2.05) is 33.8 Å². The van der Waals surface area contributed by atoms with Gasteiger partial charge in [-0.25, -0.2) is 0 Å². The molecule has 0 aromatic carbocycles. The van der Waals surface area contributed by atoms with Gasteiger partial charge in [0, 0.05) is 5.41 Å². The van der Waals surface area contributed by atoms with E-state index in [0.717, 1.165) is 0 Å². The summed E-state index contributed by atoms with van der Waals surface area (Å²) in [6, 6.07) is 0. The zero-order valence-corrected chi connectivity index (χ0v) is 7.56. The summed E-state index contributed by atoms with van der Waals surface area (Å²) in [6.07, 6.45) is 3.56. The summed E-state index contributed by atoms with van der Waals surface area (Å²) in [5.41, 5.74) is 2.12. The molecule has 0 radical (unpaired) electrons. The summed E-state index contributed by atoms with van der Waals surface area (Å²) in [4.78, 5) is 11.4. The first-order chi connectivity index (χ1) is 4.96. The third-order valence-electron chi connectivity index (χ3n) is 2.63. The van der Waals surface area contributed by atoms with Crippen molar-refractivity contribution in [2.45, 2.75) is 27.7 Å². The van der Waals surface area contributed by atoms with Crippen molar-refractivity contribution in [2.75, 3.05) is 0 Å². The fourth-order valence-electron chi connectivity index (χ4n) is 1.21. The lowest BCUT2D eigenvalue weighted by molar-refractivity contribution is -0.120. The summed E-state index contributed by atoms with van der Waals surface area (Å²) in [5, 5.41) is 0. The molecular weight excluding hydrogens is 136 g/mol. The molecule has 1 rings (SSSR count). The van der Waals surface area contributed by atoms with Crippen LogP contribution in [0.5, 0.6) is 0 Å². The molecule has 0 aromatic heterocycles. The fraction of sp³-hybridized carbons (Fsp3) is 0.500. The Kier molecular flexibility index (Phi) is 1.75. The van der Waals surface area contributed by atoms with E-state index in [1.54, 1.807) is 6.08 Å². The molecule has 1 heteroatoms. The first-order valence-corrected chi connectivity index (χ1v) is 3.86. The highest BCUT2D eigenvalue weighted by Gasteiger charge is 2.30. The van der Waals surface area contributed by atoms with E-state index in [9.17, 15) is 4.79 Å². The molecule has 0 unspecified atom stereocenters. The van der Waals surface area contributed by atoms with Gasteiger partial charge in [0.15, 0.2) is 5.78 Å². The minimum atomic E-state index is -0.279. The molecule has 0 saturated carbocycles. The van der Waals surface area contributed by atoms with E-state index in [2.05, 4.69) is 0 Å². The maximum Gasteiger partial charge on any atom is 0.165 e. The van der Waals surface area contributed by atoms with E-state index in [0.29, 0.717) is 0 Å². The van der Waals surface area contributed by atoms with Crippen molar-refractivity contribution in [3.05, 3.63) is 23.3 Å². The average Bonchev–Trinajstić information content (AvgIpc) is 1.95. The van der Waals surface area contributed by atoms with Gasteiger partial charge in [0.1, 0.15) is 0 Å². The summed E-state index contributed by atoms with van der Waals surface area (Å²) < 4.78 is 0. The van der Waals surface area contributed by atoms with Crippen LogP contribution in [0.2, 0.25) is 0 Å². The van der Waals surface area contributed by atoms with E-state index in [4.69, 9.17) is 0 Å². The zero-order valence-electron chi connectivity index (χ0n) is 7.56. The van der Waals surface area contributed by atoms with E-state index in [1.165, 1.54) is 11.1 Å². The minimum absolute atomic E-state index is 0.209. The first-order valence-electron chi connectivity index (χ1n) is 3.86. The third-order valence-corrected chi connectivity index (χ3v) is 2.63. The normalized spacial score (nSPS) is 22.7. The van der Waals surface area contributed by atoms with Crippen molar-refractivity contribution in [3.8, 4) is 0 Å². The topological polar surface area (TPSA) is 17.1 Å². The van der Waals surface area contributed by atoms with Gasteiger partial charge in [-0.2, -0.15) is 0 Å². The summed E-state index contributed by atoms with van der Waals surface area (Å²) in [7, 11) is 0. The SMILES string of the molecule is CC1=C(C)C(C)(C)C(=O)C=C1. The zero-order chi connectivity index (χ0) is 8.65. The lowest BCUT2D eigenvalue weighted by Gasteiger charge is -2.27. The second-order valence-corrected chi connectivity index (χ2v) is 3.63. The number of hydrogen-bond acceptors (Lipinski definition) is 1. The Morgan fingerprint density at radius 1 is 1.18 bits per heavy atom. The van der Waals surface area contributed by atoms with Gasteiger partial charge in [0.2, 0.25) is 0 Å². The van der Waals surface area contributed by atoms with Crippen LogP contribution in [0, 0.1) is 5.41 Å². The molecule has 1 nitrogen and oxygen atoms in total. The second-order valence-electron chi connectivity index (χ2n) is 3.63. The number of rotatable bonds is 0. The largest absolute Gasteiger partial charge is 0.294 e. The quantitative estimate of drug-likeness (QED) is 0.518. The van der Waals surface area contributed by atoms with Crippen LogP contribution in [0.15, 0.2) is 23.3 Å². The van der Waals surface area contributed by atoms with Crippen molar-refractivity contribution < 1.29 is 4.79 Å². The Balaban J connectivity index is 3.17. The molecule has 0 N–H and O–H groups in total. The molecule has 0 fully saturated rings. The number of carbonyl (C=O) groups is 1. The molecule has 1 aliphatic rings. The first kappa shape index (κ1) is 8.25. The molecule has 0 bridgehead atoms. The molecule has 0 amide bonds. The van der Waals surface area contributed by atoms with E-state index >= 15 is 0 Å². The molecule has 0 spiro atoms. The average molecular weight is 150 g/mol. The molecule has 1 aliphatic carbocycles. The van der Waals surface area contributed by atoms with Gasteiger partial charge < -0.3 is 0 Å². The number of allylic oxidation sites excluding steroid dienone is 4. The van der Waals surface area contributed by atoms with Crippen LogP contribution in [0.1, 0.15) is 27.7 Å². The summed E-state index contributed by atoms with van der Waals surface area (Å²) in [5.74, 6) is 0.209. The summed E-state index contributed by atoms with van der Waals surface area (Å²) in [6.45, 7) is 8.01. The molecule has 0 heterocycles. The van der Waals surface area contributed by atoms with Crippen LogP contribution >= 0.6 is 0 Å². The van der Waals surface area contributed by atoms with E-state index in [-0.39, 0.29) is 11.2 Å². The van der Waals surface area contributed by atoms with Gasteiger partial charge in [-0.05, 0) is 33.8 Å². The van der Waals surface area contributed by atoms with Crippen LogP contribution in [0.25, 0.3) is 0 Å². The lowest BCUT2D eigenvalue weighted by atomic mass is 9.76. The maximum atomic E-state index is 11.4. The maximum absolute atomic E-state index is 11.4. The van der Waals surface area contributed by atoms with Crippen molar-refractivity contribution in [3.63, 3.8) is 0 Å². The standard InChI is InChI=1S/C10H14O/c1-7-5-6-9(11)10(3,4)8(7)2/h5-6H,1-4H3. The Morgan fingerprint density at radius 3 is 2.18 bits per heavy atom. The molecule has 0 aromatic rings. The van der Waals surface area contributed by atoms with Crippen LogP contribution in [-0.2, 0) is 4.79 Å². The highest BCUT2D eigenvalue weighted by Crippen LogP contribution is 2.33. The molecule has 0 aliphatic heterocycles. The molecular formula is C10H14O. The van der Waals surface area contributed by atoms with Gasteiger partial charge >= 0.3 is 0 Å². The molecule has 11 heavy (non-hydrogen) atoms.